The molecule has 0 aliphatic heterocycles. The lowest BCUT2D eigenvalue weighted by atomic mass is 10.1. The molecule has 1 aromatic carbocycles. The fraction of sp³-hybridized carbons (Fsp3) is 0.538. The maximum absolute atomic E-state index is 9.50. The van der Waals surface area contributed by atoms with Crippen molar-refractivity contribution >= 4 is 0 Å². The zero-order valence-corrected chi connectivity index (χ0v) is 10.1. The molecular formula is C13H21NO. The lowest BCUT2D eigenvalue weighted by Crippen LogP contribution is -2.36. The van der Waals surface area contributed by atoms with Crippen molar-refractivity contribution in [3.8, 4) is 0 Å². The first-order chi connectivity index (χ1) is 7.02. The van der Waals surface area contributed by atoms with Gasteiger partial charge in [0, 0.05) is 12.6 Å². The Labute approximate surface area is 92.5 Å². The van der Waals surface area contributed by atoms with Crippen molar-refractivity contribution in [2.75, 3.05) is 7.05 Å². The highest BCUT2D eigenvalue weighted by Crippen LogP contribution is 2.12. The molecule has 15 heavy (non-hydrogen) atoms. The van der Waals surface area contributed by atoms with E-state index in [0.29, 0.717) is 0 Å². The summed E-state index contributed by atoms with van der Waals surface area (Å²) in [4.78, 5) is 2.17. The van der Waals surface area contributed by atoms with Crippen molar-refractivity contribution in [3.63, 3.8) is 0 Å². The highest BCUT2D eigenvalue weighted by molar-refractivity contribution is 5.25. The Kier molecular flexibility index (Phi) is 4.30. The van der Waals surface area contributed by atoms with Crippen LogP contribution in [0.25, 0.3) is 0 Å². The van der Waals surface area contributed by atoms with Crippen LogP contribution in [0.15, 0.2) is 24.3 Å². The molecule has 1 aromatic rings. The topological polar surface area (TPSA) is 23.5 Å². The molecule has 0 bridgehead atoms. The van der Waals surface area contributed by atoms with E-state index in [9.17, 15) is 5.11 Å². The first-order valence-corrected chi connectivity index (χ1v) is 5.45. The van der Waals surface area contributed by atoms with Crippen molar-refractivity contribution in [1.29, 1.82) is 0 Å². The van der Waals surface area contributed by atoms with E-state index in [1.54, 1.807) is 0 Å². The SMILES string of the molecule is Cc1ccccc1CN(C)C(C)C(C)O. The maximum Gasteiger partial charge on any atom is 0.0664 e. The smallest absolute Gasteiger partial charge is 0.0664 e. The lowest BCUT2D eigenvalue weighted by Gasteiger charge is -2.27. The van der Waals surface area contributed by atoms with Crippen LogP contribution in [0.5, 0.6) is 0 Å². The summed E-state index contributed by atoms with van der Waals surface area (Å²) in [6, 6.07) is 8.56. The van der Waals surface area contributed by atoms with Gasteiger partial charge in [-0.15, -0.1) is 0 Å². The second-order valence-electron chi connectivity index (χ2n) is 4.32. The fourth-order valence-corrected chi connectivity index (χ4v) is 1.57. The zero-order chi connectivity index (χ0) is 11.4. The van der Waals surface area contributed by atoms with Crippen LogP contribution in [-0.2, 0) is 6.54 Å². The van der Waals surface area contributed by atoms with Crippen LogP contribution in [0.4, 0.5) is 0 Å². The molecule has 1 rings (SSSR count). The zero-order valence-electron chi connectivity index (χ0n) is 10.1. The molecule has 2 heteroatoms. The van der Waals surface area contributed by atoms with E-state index in [1.807, 2.05) is 20.9 Å². The average Bonchev–Trinajstić information content (AvgIpc) is 2.20. The average molecular weight is 207 g/mol. The van der Waals surface area contributed by atoms with Gasteiger partial charge in [0.15, 0.2) is 0 Å². The Morgan fingerprint density at radius 3 is 2.40 bits per heavy atom. The third-order valence-corrected chi connectivity index (χ3v) is 3.07. The van der Waals surface area contributed by atoms with Crippen molar-refractivity contribution in [2.24, 2.45) is 0 Å². The number of benzene rings is 1. The normalized spacial score (nSPS) is 15.3. The highest BCUT2D eigenvalue weighted by Gasteiger charge is 2.14. The molecule has 0 saturated heterocycles. The van der Waals surface area contributed by atoms with Gasteiger partial charge in [-0.2, -0.15) is 0 Å². The number of aryl methyl sites for hydroxylation is 1. The Bertz CT molecular complexity index is 309. The van der Waals surface area contributed by atoms with Crippen LogP contribution in [0.2, 0.25) is 0 Å². The van der Waals surface area contributed by atoms with E-state index in [-0.39, 0.29) is 12.1 Å². The summed E-state index contributed by atoms with van der Waals surface area (Å²) in [5.41, 5.74) is 2.63. The van der Waals surface area contributed by atoms with Crippen LogP contribution in [0.3, 0.4) is 0 Å². The predicted molar refractivity (Wildman–Crippen MR) is 63.8 cm³/mol. The van der Waals surface area contributed by atoms with Crippen LogP contribution < -0.4 is 0 Å². The van der Waals surface area contributed by atoms with Crippen molar-refractivity contribution in [3.05, 3.63) is 35.4 Å². The largest absolute Gasteiger partial charge is 0.392 e. The Balaban J connectivity index is 2.66. The second kappa shape index (κ2) is 5.29. The van der Waals surface area contributed by atoms with Gasteiger partial charge in [-0.3, -0.25) is 4.90 Å². The summed E-state index contributed by atoms with van der Waals surface area (Å²) >= 11 is 0. The monoisotopic (exact) mass is 207 g/mol. The summed E-state index contributed by atoms with van der Waals surface area (Å²) in [6.07, 6.45) is -0.293. The van der Waals surface area contributed by atoms with E-state index >= 15 is 0 Å². The van der Waals surface area contributed by atoms with Crippen LogP contribution >= 0.6 is 0 Å². The Morgan fingerprint density at radius 2 is 1.87 bits per heavy atom. The molecule has 1 N–H and O–H groups in total. The van der Waals surface area contributed by atoms with Gasteiger partial charge < -0.3 is 5.11 Å². The first kappa shape index (κ1) is 12.2. The molecule has 0 amide bonds. The molecule has 2 atom stereocenters. The maximum atomic E-state index is 9.50. The molecular weight excluding hydrogens is 186 g/mol. The van der Waals surface area contributed by atoms with Crippen LogP contribution in [0, 0.1) is 6.92 Å². The minimum absolute atomic E-state index is 0.185. The molecule has 0 saturated carbocycles. The third-order valence-electron chi connectivity index (χ3n) is 3.07. The predicted octanol–water partition coefficient (Wildman–Crippen LogP) is 2.20. The standard InChI is InChI=1S/C13H21NO/c1-10-7-5-6-8-13(10)9-14(4)11(2)12(3)15/h5-8,11-12,15H,9H2,1-4H3. The van der Waals surface area contributed by atoms with Crippen LogP contribution in [0.1, 0.15) is 25.0 Å². The van der Waals surface area contributed by atoms with Gasteiger partial charge in [-0.25, -0.2) is 0 Å². The second-order valence-corrected chi connectivity index (χ2v) is 4.32. The van der Waals surface area contributed by atoms with Crippen molar-refractivity contribution in [2.45, 2.75) is 39.5 Å². The van der Waals surface area contributed by atoms with Gasteiger partial charge >= 0.3 is 0 Å². The molecule has 0 radical (unpaired) electrons. The number of aliphatic hydroxyl groups excluding tert-OH is 1. The number of hydrogen-bond acceptors (Lipinski definition) is 2. The molecule has 0 aliphatic rings. The lowest BCUT2D eigenvalue weighted by molar-refractivity contribution is 0.0827. The molecule has 0 aromatic heterocycles. The van der Waals surface area contributed by atoms with E-state index in [1.165, 1.54) is 11.1 Å². The highest BCUT2D eigenvalue weighted by atomic mass is 16.3. The number of rotatable bonds is 4. The van der Waals surface area contributed by atoms with Gasteiger partial charge in [-0.1, -0.05) is 24.3 Å². The van der Waals surface area contributed by atoms with Gasteiger partial charge in [0.1, 0.15) is 0 Å². The Morgan fingerprint density at radius 1 is 1.27 bits per heavy atom. The third kappa shape index (κ3) is 3.33. The van der Waals surface area contributed by atoms with Gasteiger partial charge in [0.25, 0.3) is 0 Å². The summed E-state index contributed by atoms with van der Waals surface area (Å²) in [6.45, 7) is 6.89. The number of aliphatic hydroxyl groups is 1. The van der Waals surface area contributed by atoms with Gasteiger partial charge in [0.05, 0.1) is 6.10 Å². The molecule has 2 nitrogen and oxygen atoms in total. The van der Waals surface area contributed by atoms with E-state index in [2.05, 4.69) is 36.1 Å². The summed E-state index contributed by atoms with van der Waals surface area (Å²) in [5.74, 6) is 0. The molecule has 0 aliphatic carbocycles. The van der Waals surface area contributed by atoms with Crippen LogP contribution in [-0.4, -0.2) is 29.2 Å². The minimum Gasteiger partial charge on any atom is -0.392 e. The molecule has 84 valence electrons. The number of hydrogen-bond donors (Lipinski definition) is 1. The van der Waals surface area contributed by atoms with Gasteiger partial charge in [-0.05, 0) is 38.9 Å². The number of likely N-dealkylation sites (N-methyl/N-ethyl adjacent to an activating group) is 1. The van der Waals surface area contributed by atoms with Gasteiger partial charge in [0.2, 0.25) is 0 Å². The molecule has 0 heterocycles. The van der Waals surface area contributed by atoms with Crippen molar-refractivity contribution in [1.82, 2.24) is 4.90 Å². The van der Waals surface area contributed by atoms with E-state index < -0.39 is 0 Å². The summed E-state index contributed by atoms with van der Waals surface area (Å²) < 4.78 is 0. The fourth-order valence-electron chi connectivity index (χ4n) is 1.57. The molecule has 0 fully saturated rings. The Hall–Kier alpha value is -0.860. The quantitative estimate of drug-likeness (QED) is 0.818. The number of nitrogens with zero attached hydrogens (tertiary/aromatic N) is 1. The van der Waals surface area contributed by atoms with E-state index in [0.717, 1.165) is 6.54 Å². The summed E-state index contributed by atoms with van der Waals surface area (Å²) in [7, 11) is 2.05. The van der Waals surface area contributed by atoms with E-state index in [4.69, 9.17) is 0 Å². The summed E-state index contributed by atoms with van der Waals surface area (Å²) in [5, 5.41) is 9.50. The molecule has 0 spiro atoms. The van der Waals surface area contributed by atoms with Crippen molar-refractivity contribution < 1.29 is 5.11 Å². The minimum atomic E-state index is -0.293. The molecule has 2 unspecified atom stereocenters. The first-order valence-electron chi connectivity index (χ1n) is 5.45.